The van der Waals surface area contributed by atoms with E-state index in [1.54, 1.807) is 7.11 Å². The van der Waals surface area contributed by atoms with Gasteiger partial charge in [-0.3, -0.25) is 0 Å². The van der Waals surface area contributed by atoms with Gasteiger partial charge >= 0.3 is 0 Å². The third-order valence-corrected chi connectivity index (χ3v) is 19.6. The molecule has 3 nitrogen and oxygen atoms in total. The molecule has 4 unspecified atom stereocenters. The van der Waals surface area contributed by atoms with Crippen molar-refractivity contribution in [2.24, 2.45) is 0 Å². The zero-order valence-electron chi connectivity index (χ0n) is 19.9. The normalized spacial score (nSPS) is 20.0. The van der Waals surface area contributed by atoms with E-state index in [-0.39, 0.29) is 20.8 Å². The average molecular weight is 439 g/mol. The number of rotatable bonds is 11. The van der Waals surface area contributed by atoms with Crippen molar-refractivity contribution in [3.05, 3.63) is 0 Å². The Labute approximate surface area is 171 Å². The zero-order chi connectivity index (χ0) is 21.2. The van der Waals surface area contributed by atoms with Crippen LogP contribution < -0.4 is 0 Å². The highest BCUT2D eigenvalue weighted by Gasteiger charge is 2.58. The summed E-state index contributed by atoms with van der Waals surface area (Å²) in [5.74, 6) is 0. The van der Waals surface area contributed by atoms with Crippen LogP contribution in [0.4, 0.5) is 0 Å². The minimum Gasteiger partial charge on any atom is -0.415 e. The Morgan fingerprint density at radius 1 is 0.885 bits per heavy atom. The quantitative estimate of drug-likeness (QED) is 0.315. The fraction of sp³-hybridized carbons (Fsp3) is 1.00. The molecule has 0 radical (unpaired) electrons. The lowest BCUT2D eigenvalue weighted by molar-refractivity contribution is 0.0305. The molecule has 0 heterocycles. The summed E-state index contributed by atoms with van der Waals surface area (Å²) in [6.45, 7) is 27.6. The lowest BCUT2D eigenvalue weighted by Crippen LogP contribution is -2.61. The summed E-state index contributed by atoms with van der Waals surface area (Å²) < 4.78 is 19.6. The van der Waals surface area contributed by atoms with Crippen molar-refractivity contribution in [3.8, 4) is 0 Å². The molecule has 0 aromatic rings. The summed E-state index contributed by atoms with van der Waals surface area (Å²) in [6.07, 6.45) is 2.01. The molecule has 0 aromatic carbocycles. The third-order valence-electron chi connectivity index (χ3n) is 7.30. The third kappa shape index (κ3) is 5.52. The highest BCUT2D eigenvalue weighted by Crippen LogP contribution is 2.58. The van der Waals surface area contributed by atoms with E-state index in [0.29, 0.717) is 0 Å². The highest BCUT2D eigenvalue weighted by molar-refractivity contribution is 7.19. The Hall–Kier alpha value is 0.961. The fourth-order valence-electron chi connectivity index (χ4n) is 3.35. The largest absolute Gasteiger partial charge is 0.415 e. The molecule has 0 saturated carbocycles. The van der Waals surface area contributed by atoms with E-state index in [9.17, 15) is 0 Å². The van der Waals surface area contributed by atoms with Crippen LogP contribution in [-0.4, -0.2) is 49.1 Å². The zero-order valence-corrected chi connectivity index (χ0v) is 24.3. The van der Waals surface area contributed by atoms with Crippen LogP contribution in [0.25, 0.3) is 0 Å². The first-order valence-electron chi connectivity index (χ1n) is 10.2. The summed E-state index contributed by atoms with van der Waals surface area (Å²) in [4.78, 5) is 0. The predicted molar refractivity (Wildman–Crippen MR) is 128 cm³/mol. The van der Waals surface area contributed by atoms with Crippen molar-refractivity contribution < 1.29 is 13.6 Å². The summed E-state index contributed by atoms with van der Waals surface area (Å²) in [5.41, 5.74) is 0. The van der Waals surface area contributed by atoms with Crippen LogP contribution in [0, 0.1) is 0 Å². The molecule has 0 rings (SSSR count). The maximum atomic E-state index is 6.98. The van der Waals surface area contributed by atoms with Gasteiger partial charge < -0.3 is 13.6 Å². The molecule has 0 saturated heterocycles. The van der Waals surface area contributed by atoms with Crippen molar-refractivity contribution in [1.82, 2.24) is 0 Å². The fourth-order valence-corrected chi connectivity index (χ4v) is 12.5. The van der Waals surface area contributed by atoms with E-state index >= 15 is 0 Å². The van der Waals surface area contributed by atoms with Gasteiger partial charge in [0, 0.05) is 17.4 Å². The minimum atomic E-state index is -2.08. The molecule has 0 N–H and O–H groups in total. The van der Waals surface area contributed by atoms with Crippen LogP contribution >= 0.6 is 9.24 Å². The first-order valence-corrected chi connectivity index (χ1v) is 18.8. The molecule has 158 valence electrons. The molecule has 26 heavy (non-hydrogen) atoms. The van der Waals surface area contributed by atoms with Gasteiger partial charge in [-0.15, -0.1) is 9.24 Å². The van der Waals surface area contributed by atoms with Gasteiger partial charge in [0.15, 0.2) is 8.32 Å². The van der Waals surface area contributed by atoms with Crippen molar-refractivity contribution in [3.63, 3.8) is 0 Å². The van der Waals surface area contributed by atoms with Gasteiger partial charge in [0.25, 0.3) is 0 Å². The molecule has 0 fully saturated rings. The van der Waals surface area contributed by atoms with Gasteiger partial charge in [-0.2, -0.15) is 0 Å². The molecule has 0 spiro atoms. The van der Waals surface area contributed by atoms with Crippen molar-refractivity contribution in [2.75, 3.05) is 7.11 Å². The predicted octanol–water partition coefficient (Wildman–Crippen LogP) is 5.50. The maximum absolute atomic E-state index is 6.98. The molecule has 0 aliphatic rings. The second-order valence-electron chi connectivity index (χ2n) is 9.87. The molecular weight excluding hydrogens is 391 g/mol. The van der Waals surface area contributed by atoms with E-state index in [0.717, 1.165) is 12.8 Å². The van der Waals surface area contributed by atoms with Crippen LogP contribution in [0.1, 0.15) is 61.3 Å². The monoisotopic (exact) mass is 438 g/mol. The number of hydrogen-bond acceptors (Lipinski definition) is 3. The number of hydrogen-bond donors (Lipinski definition) is 0. The van der Waals surface area contributed by atoms with Crippen molar-refractivity contribution in [2.45, 2.75) is 115 Å². The molecule has 0 aliphatic carbocycles. The topological polar surface area (TPSA) is 27.7 Å². The van der Waals surface area contributed by atoms with Crippen LogP contribution in [-0.2, 0) is 13.6 Å². The molecule has 4 atom stereocenters. The first-order chi connectivity index (χ1) is 11.5. The van der Waals surface area contributed by atoms with Crippen LogP contribution in [0.2, 0.25) is 37.8 Å². The molecule has 7 heteroatoms. The highest BCUT2D eigenvalue weighted by atomic mass is 31.0. The Bertz CT molecular complexity index is 457. The molecule has 0 aliphatic heterocycles. The average Bonchev–Trinajstić information content (AvgIpc) is 2.52. The Morgan fingerprint density at radius 2 is 1.35 bits per heavy atom. The summed E-state index contributed by atoms with van der Waals surface area (Å²) >= 11 is 0. The van der Waals surface area contributed by atoms with Crippen molar-refractivity contribution in [1.29, 1.82) is 0 Å². The van der Waals surface area contributed by atoms with Gasteiger partial charge in [-0.05, 0) is 60.2 Å². The molecule has 0 aromatic heterocycles. The van der Waals surface area contributed by atoms with Crippen LogP contribution in [0.15, 0.2) is 0 Å². The second kappa shape index (κ2) is 9.19. The SMILES string of the molecule is CCC(P)(O[SiH](C)C(C)(C)OC)C(C)(CC)[Si](C)(C)OC(C)(C)[SiH](C)C. The minimum absolute atomic E-state index is 0.000313. The van der Waals surface area contributed by atoms with Gasteiger partial charge in [0.2, 0.25) is 9.04 Å². The van der Waals surface area contributed by atoms with E-state index in [4.69, 9.17) is 13.6 Å². The lowest BCUT2D eigenvalue weighted by atomic mass is 9.97. The molecule has 0 amide bonds. The van der Waals surface area contributed by atoms with E-state index in [1.165, 1.54) is 0 Å². The van der Waals surface area contributed by atoms with Gasteiger partial charge in [0.05, 0.1) is 19.4 Å². The van der Waals surface area contributed by atoms with Gasteiger partial charge in [-0.25, -0.2) is 0 Å². The summed E-state index contributed by atoms with van der Waals surface area (Å²) in [6, 6.07) is 0. The van der Waals surface area contributed by atoms with E-state index < -0.39 is 26.2 Å². The van der Waals surface area contributed by atoms with Crippen LogP contribution in [0.3, 0.4) is 0 Å². The maximum Gasteiger partial charge on any atom is 0.206 e. The van der Waals surface area contributed by atoms with Crippen LogP contribution in [0.5, 0.6) is 0 Å². The van der Waals surface area contributed by atoms with E-state index in [2.05, 4.69) is 90.4 Å². The smallest absolute Gasteiger partial charge is 0.206 e. The number of methoxy groups -OCH3 is 1. The first kappa shape index (κ1) is 27.0. The van der Waals surface area contributed by atoms with Gasteiger partial charge in [0.1, 0.15) is 0 Å². The number of ether oxygens (including phenoxy) is 1. The van der Waals surface area contributed by atoms with E-state index in [1.807, 2.05) is 0 Å². The Morgan fingerprint density at radius 3 is 1.65 bits per heavy atom. The Balaban J connectivity index is 5.96. The standard InChI is InChI=1S/C19H47O3PSi3/c1-14-18(7,26(12,13)22-17(5,6)24(9)10)19(23,15-2)21-25(11)16(3,4)20-8/h24-25H,14-15,23H2,1-13H3. The molecule has 0 bridgehead atoms. The summed E-state index contributed by atoms with van der Waals surface area (Å²) in [7, 11) is 0.311. The second-order valence-corrected chi connectivity index (χ2v) is 21.7. The lowest BCUT2D eigenvalue weighted by Gasteiger charge is -2.56. The Kier molecular flexibility index (Phi) is 9.53. The van der Waals surface area contributed by atoms with Crippen molar-refractivity contribution >= 4 is 35.4 Å². The summed E-state index contributed by atoms with van der Waals surface area (Å²) in [5, 5.41) is -0.485. The van der Waals surface area contributed by atoms with Gasteiger partial charge in [-0.1, -0.05) is 33.9 Å². The molecular formula is C19H47O3PSi3.